The Hall–Kier alpha value is -5.08. The van der Waals surface area contributed by atoms with Crippen molar-refractivity contribution in [1.82, 2.24) is 15.0 Å². The summed E-state index contributed by atoms with van der Waals surface area (Å²) in [7, 11) is -1.82. The van der Waals surface area contributed by atoms with Gasteiger partial charge in [0.15, 0.2) is 0 Å². The van der Waals surface area contributed by atoms with Crippen LogP contribution in [0.3, 0.4) is 0 Å². The first-order chi connectivity index (χ1) is 18.2. The molecule has 5 rings (SSSR count). The zero-order chi connectivity index (χ0) is 27.3. The normalized spacial score (nSPS) is 10.8. The lowest BCUT2D eigenvalue weighted by molar-refractivity contribution is 0.417. The predicted molar refractivity (Wildman–Crippen MR) is 150 cm³/mol. The van der Waals surface area contributed by atoms with Crippen LogP contribution in [-0.4, -0.2) is 36.7 Å². The quantitative estimate of drug-likeness (QED) is 0.201. The highest BCUT2D eigenvalue weighted by molar-refractivity contribution is 7.92. The van der Waals surface area contributed by atoms with E-state index in [-0.39, 0.29) is 5.56 Å². The van der Waals surface area contributed by atoms with Gasteiger partial charge in [0.25, 0.3) is 5.56 Å². The molecule has 0 aliphatic heterocycles. The topological polar surface area (TPSA) is 146 Å². The van der Waals surface area contributed by atoms with Gasteiger partial charge < -0.3 is 15.0 Å². The number of terminal acetylenes is 1. The van der Waals surface area contributed by atoms with Gasteiger partial charge in [0.2, 0.25) is 10.0 Å². The van der Waals surface area contributed by atoms with Gasteiger partial charge in [-0.2, -0.15) is 0 Å². The van der Waals surface area contributed by atoms with Crippen LogP contribution in [0.1, 0.15) is 5.56 Å². The summed E-state index contributed by atoms with van der Waals surface area (Å²) in [5, 5.41) is 5.43. The average Bonchev–Trinajstić information content (AvgIpc) is 2.89. The molecule has 38 heavy (non-hydrogen) atoms. The van der Waals surface area contributed by atoms with Gasteiger partial charge in [0, 0.05) is 23.0 Å². The van der Waals surface area contributed by atoms with Crippen molar-refractivity contribution in [3.63, 3.8) is 0 Å². The Morgan fingerprint density at radius 1 is 0.974 bits per heavy atom. The number of benzene rings is 3. The SMILES string of the molecule is C#Cc1c[nH]c(=O)[nH]c1=O.COc1cc(NS(C)(=O)=O)ccc1Nc1c2ccccc2nc2ccccc12. The van der Waals surface area contributed by atoms with Gasteiger partial charge in [-0.05, 0) is 24.3 Å². The maximum absolute atomic E-state index is 11.5. The van der Waals surface area contributed by atoms with E-state index in [1.807, 2.05) is 53.5 Å². The molecule has 0 radical (unpaired) electrons. The standard InChI is InChI=1S/C21H19N3O3S.C6H4N2O2/c1-27-20-13-14(24-28(2,25)26)11-12-19(20)23-21-15-7-3-5-9-17(15)22-18-10-6-4-8-16(18)21;1-2-4-3-7-6(10)8-5(4)9/h3-13,24H,1-2H3,(H,22,23);1,3H,(H2,7,8,9,10). The number of pyridine rings is 1. The lowest BCUT2D eigenvalue weighted by Crippen LogP contribution is -2.23. The van der Waals surface area contributed by atoms with Crippen LogP contribution in [0.25, 0.3) is 21.8 Å². The fourth-order valence-electron chi connectivity index (χ4n) is 3.70. The molecule has 4 N–H and O–H groups in total. The summed E-state index contributed by atoms with van der Waals surface area (Å²) in [5.41, 5.74) is 2.90. The Kier molecular flexibility index (Phi) is 7.45. The molecule has 0 bridgehead atoms. The molecule has 10 nitrogen and oxygen atoms in total. The molecule has 0 amide bonds. The Balaban J connectivity index is 0.000000283. The molecule has 2 aromatic heterocycles. The van der Waals surface area contributed by atoms with E-state index >= 15 is 0 Å². The molecule has 3 aromatic carbocycles. The second-order valence-corrected chi connectivity index (χ2v) is 9.81. The first kappa shape index (κ1) is 26.0. The van der Waals surface area contributed by atoms with Gasteiger partial charge >= 0.3 is 5.69 Å². The number of hydrogen-bond acceptors (Lipinski definition) is 7. The van der Waals surface area contributed by atoms with Crippen molar-refractivity contribution in [1.29, 1.82) is 0 Å². The summed E-state index contributed by atoms with van der Waals surface area (Å²) in [5.74, 6) is 2.64. The summed E-state index contributed by atoms with van der Waals surface area (Å²) in [6.45, 7) is 0. The van der Waals surface area contributed by atoms with Gasteiger partial charge in [-0.3, -0.25) is 14.5 Å². The van der Waals surface area contributed by atoms with Gasteiger partial charge in [-0.1, -0.05) is 42.3 Å². The molecule has 0 saturated heterocycles. The molecule has 5 aromatic rings. The molecule has 0 unspecified atom stereocenters. The lowest BCUT2D eigenvalue weighted by atomic mass is 10.1. The molecule has 11 heteroatoms. The summed E-state index contributed by atoms with van der Waals surface area (Å²) in [4.78, 5) is 30.0. The van der Waals surface area contributed by atoms with Gasteiger partial charge in [-0.25, -0.2) is 18.2 Å². The number of nitrogens with zero attached hydrogens (tertiary/aromatic N) is 1. The highest BCUT2D eigenvalue weighted by Crippen LogP contribution is 2.37. The second kappa shape index (κ2) is 10.9. The van der Waals surface area contributed by atoms with Crippen LogP contribution in [0.2, 0.25) is 0 Å². The van der Waals surface area contributed by atoms with Crippen LogP contribution in [0.15, 0.2) is 82.5 Å². The number of H-pyrrole nitrogens is 2. The number of methoxy groups -OCH3 is 1. The van der Waals surface area contributed by atoms with Gasteiger partial charge in [-0.15, -0.1) is 6.42 Å². The molecule has 0 aliphatic rings. The Labute approximate surface area is 217 Å². The van der Waals surface area contributed by atoms with E-state index in [1.54, 1.807) is 25.3 Å². The van der Waals surface area contributed by atoms with Crippen LogP contribution in [0, 0.1) is 12.3 Å². The number of fused-ring (bicyclic) bond motifs is 2. The van der Waals surface area contributed by atoms with E-state index in [2.05, 4.69) is 20.9 Å². The molecule has 0 aliphatic carbocycles. The van der Waals surface area contributed by atoms with Gasteiger partial charge in [0.1, 0.15) is 11.3 Å². The number of nitrogens with one attached hydrogen (secondary N) is 4. The summed E-state index contributed by atoms with van der Waals surface area (Å²) < 4.78 is 30.9. The third-order valence-corrected chi connectivity index (χ3v) is 5.93. The maximum Gasteiger partial charge on any atom is 0.325 e. The molecule has 0 spiro atoms. The summed E-state index contributed by atoms with van der Waals surface area (Å²) >= 11 is 0. The largest absolute Gasteiger partial charge is 0.494 e. The maximum atomic E-state index is 11.5. The number of para-hydroxylation sites is 2. The van der Waals surface area contributed by atoms with Crippen molar-refractivity contribution in [2.24, 2.45) is 0 Å². The van der Waals surface area contributed by atoms with Crippen molar-refractivity contribution in [3.05, 3.63) is 99.3 Å². The van der Waals surface area contributed by atoms with E-state index in [9.17, 15) is 18.0 Å². The first-order valence-corrected chi connectivity index (χ1v) is 13.1. The Morgan fingerprint density at radius 2 is 1.61 bits per heavy atom. The van der Waals surface area contributed by atoms with E-state index in [1.165, 1.54) is 6.20 Å². The zero-order valence-corrected chi connectivity index (χ0v) is 21.2. The minimum atomic E-state index is -3.37. The van der Waals surface area contributed by atoms with Crippen molar-refractivity contribution in [2.45, 2.75) is 0 Å². The van der Waals surface area contributed by atoms with E-state index in [0.29, 0.717) is 11.4 Å². The van der Waals surface area contributed by atoms with Crippen molar-refractivity contribution >= 4 is 48.9 Å². The lowest BCUT2D eigenvalue weighted by Gasteiger charge is -2.16. The average molecular weight is 530 g/mol. The van der Waals surface area contributed by atoms with E-state index < -0.39 is 21.3 Å². The fraction of sp³-hybridized carbons (Fsp3) is 0.0741. The molecule has 2 heterocycles. The zero-order valence-electron chi connectivity index (χ0n) is 20.4. The molecule has 0 atom stereocenters. The molecular weight excluding hydrogens is 506 g/mol. The van der Waals surface area contributed by atoms with Crippen LogP contribution in [0.5, 0.6) is 5.75 Å². The fourth-order valence-corrected chi connectivity index (χ4v) is 4.25. The van der Waals surface area contributed by atoms with Crippen molar-refractivity contribution < 1.29 is 13.2 Å². The number of hydrogen-bond donors (Lipinski definition) is 4. The highest BCUT2D eigenvalue weighted by Gasteiger charge is 2.13. The number of rotatable bonds is 5. The van der Waals surface area contributed by atoms with Crippen LogP contribution in [0.4, 0.5) is 17.1 Å². The summed E-state index contributed by atoms with van der Waals surface area (Å²) in [6.07, 6.45) is 7.22. The smallest absolute Gasteiger partial charge is 0.325 e. The molecular formula is C27H23N5O5S. The number of anilines is 3. The predicted octanol–water partition coefficient (Wildman–Crippen LogP) is 3.56. The van der Waals surface area contributed by atoms with E-state index in [4.69, 9.17) is 16.1 Å². The molecule has 0 saturated carbocycles. The third kappa shape index (κ3) is 6.00. The van der Waals surface area contributed by atoms with E-state index in [0.717, 1.165) is 39.4 Å². The van der Waals surface area contributed by atoms with Gasteiger partial charge in [0.05, 0.1) is 41.5 Å². The number of sulfonamides is 1. The Bertz CT molecular complexity index is 1850. The Morgan fingerprint density at radius 3 is 2.16 bits per heavy atom. The van der Waals surface area contributed by atoms with Crippen molar-refractivity contribution in [3.8, 4) is 18.1 Å². The molecule has 0 fully saturated rings. The van der Waals surface area contributed by atoms with Crippen LogP contribution >= 0.6 is 0 Å². The summed E-state index contributed by atoms with van der Waals surface area (Å²) in [6, 6.07) is 21.0. The van der Waals surface area contributed by atoms with Crippen LogP contribution < -0.4 is 26.0 Å². The third-order valence-electron chi connectivity index (χ3n) is 5.33. The number of aromatic amines is 2. The van der Waals surface area contributed by atoms with Crippen LogP contribution in [-0.2, 0) is 10.0 Å². The number of aromatic nitrogens is 3. The monoisotopic (exact) mass is 529 g/mol. The van der Waals surface area contributed by atoms with Crippen molar-refractivity contribution in [2.75, 3.05) is 23.4 Å². The first-order valence-electron chi connectivity index (χ1n) is 11.2. The molecule has 192 valence electrons. The minimum absolute atomic E-state index is 0.125. The minimum Gasteiger partial charge on any atom is -0.494 e. The number of ether oxygens (including phenoxy) is 1. The second-order valence-electron chi connectivity index (χ2n) is 8.07. The highest BCUT2D eigenvalue weighted by atomic mass is 32.2.